The zero-order valence-corrected chi connectivity index (χ0v) is 12.3. The first-order chi connectivity index (χ1) is 10.5. The Hall–Kier alpha value is -1.95. The van der Waals surface area contributed by atoms with Gasteiger partial charge >= 0.3 is 5.97 Å². The largest absolute Gasteiger partial charge is 0.480 e. The number of benzene rings is 1. The Morgan fingerprint density at radius 2 is 1.82 bits per heavy atom. The maximum Gasteiger partial charge on any atom is 0.321 e. The fraction of sp³-hybridized carbons (Fsp3) is 0.500. The first-order valence-electron chi connectivity index (χ1n) is 7.59. The summed E-state index contributed by atoms with van der Waals surface area (Å²) < 4.78 is 12.8. The highest BCUT2D eigenvalue weighted by molar-refractivity contribution is 5.94. The number of aliphatic carboxylic acids is 1. The molecule has 0 bridgehead atoms. The van der Waals surface area contributed by atoms with E-state index < -0.39 is 17.9 Å². The summed E-state index contributed by atoms with van der Waals surface area (Å²) in [6, 6.07) is 4.63. The number of carbonyl (C=O) groups excluding carboxylic acids is 1. The number of amides is 1. The van der Waals surface area contributed by atoms with Crippen LogP contribution in [0.25, 0.3) is 0 Å². The lowest BCUT2D eigenvalue weighted by Gasteiger charge is -2.26. The zero-order valence-electron chi connectivity index (χ0n) is 12.3. The Balaban J connectivity index is 1.87. The van der Waals surface area contributed by atoms with Gasteiger partial charge in [0.2, 0.25) is 5.91 Å². The fourth-order valence-electron chi connectivity index (χ4n) is 2.70. The van der Waals surface area contributed by atoms with E-state index in [1.165, 1.54) is 30.7 Å². The zero-order chi connectivity index (χ0) is 15.9. The molecule has 1 aromatic carbocycles. The van der Waals surface area contributed by atoms with Gasteiger partial charge in [-0.1, -0.05) is 19.3 Å². The van der Waals surface area contributed by atoms with Crippen molar-refractivity contribution in [3.8, 4) is 0 Å². The molecule has 0 radical (unpaired) electrons. The van der Waals surface area contributed by atoms with E-state index in [0.29, 0.717) is 5.69 Å². The van der Waals surface area contributed by atoms with Gasteiger partial charge in [-0.2, -0.15) is 0 Å². The SMILES string of the molecule is O=C(CC(NC1CCCCC1)C(=O)O)Nc1ccc(F)cc1. The molecule has 0 heterocycles. The monoisotopic (exact) mass is 308 g/mol. The van der Waals surface area contributed by atoms with E-state index in [1.807, 2.05) is 0 Å². The van der Waals surface area contributed by atoms with Gasteiger partial charge in [-0.25, -0.2) is 4.39 Å². The van der Waals surface area contributed by atoms with Gasteiger partial charge in [0.15, 0.2) is 0 Å². The fourth-order valence-corrected chi connectivity index (χ4v) is 2.70. The predicted molar refractivity (Wildman–Crippen MR) is 81.1 cm³/mol. The molecule has 1 atom stereocenters. The minimum atomic E-state index is -1.03. The molecule has 120 valence electrons. The normalized spacial score (nSPS) is 17.0. The molecule has 5 nitrogen and oxygen atoms in total. The van der Waals surface area contributed by atoms with Gasteiger partial charge in [-0.05, 0) is 37.1 Å². The number of carbonyl (C=O) groups is 2. The number of rotatable bonds is 6. The van der Waals surface area contributed by atoms with Crippen LogP contribution in [0.2, 0.25) is 0 Å². The van der Waals surface area contributed by atoms with Crippen molar-refractivity contribution in [3.05, 3.63) is 30.1 Å². The van der Waals surface area contributed by atoms with E-state index >= 15 is 0 Å². The Morgan fingerprint density at radius 3 is 2.41 bits per heavy atom. The van der Waals surface area contributed by atoms with Crippen molar-refractivity contribution >= 4 is 17.6 Å². The van der Waals surface area contributed by atoms with Crippen LogP contribution in [0, 0.1) is 5.82 Å². The number of hydrogen-bond acceptors (Lipinski definition) is 3. The molecule has 1 aliphatic carbocycles. The molecule has 3 N–H and O–H groups in total. The summed E-state index contributed by atoms with van der Waals surface area (Å²) >= 11 is 0. The van der Waals surface area contributed by atoms with Crippen LogP contribution in [0.1, 0.15) is 38.5 Å². The second kappa shape index (κ2) is 7.89. The molecule has 6 heteroatoms. The van der Waals surface area contributed by atoms with Gasteiger partial charge in [0.1, 0.15) is 11.9 Å². The van der Waals surface area contributed by atoms with Crippen molar-refractivity contribution in [2.24, 2.45) is 0 Å². The first kappa shape index (κ1) is 16.4. The van der Waals surface area contributed by atoms with E-state index in [4.69, 9.17) is 0 Å². The molecule has 1 fully saturated rings. The van der Waals surface area contributed by atoms with Crippen LogP contribution in [-0.2, 0) is 9.59 Å². The van der Waals surface area contributed by atoms with Gasteiger partial charge < -0.3 is 15.7 Å². The third-order valence-corrected chi connectivity index (χ3v) is 3.86. The molecule has 0 spiro atoms. The molecule has 2 rings (SSSR count). The van der Waals surface area contributed by atoms with Crippen molar-refractivity contribution in [1.29, 1.82) is 0 Å². The maximum absolute atomic E-state index is 12.8. The topological polar surface area (TPSA) is 78.4 Å². The molecule has 22 heavy (non-hydrogen) atoms. The van der Waals surface area contributed by atoms with Gasteiger partial charge in [0.25, 0.3) is 0 Å². The second-order valence-electron chi connectivity index (χ2n) is 5.65. The van der Waals surface area contributed by atoms with E-state index in [9.17, 15) is 19.1 Å². The quantitative estimate of drug-likeness (QED) is 0.754. The third kappa shape index (κ3) is 5.11. The van der Waals surface area contributed by atoms with Crippen LogP contribution >= 0.6 is 0 Å². The molecular formula is C16H21FN2O3. The van der Waals surface area contributed by atoms with E-state index in [2.05, 4.69) is 10.6 Å². The van der Waals surface area contributed by atoms with Crippen molar-refractivity contribution in [2.45, 2.75) is 50.6 Å². The van der Waals surface area contributed by atoms with Crippen LogP contribution in [0.4, 0.5) is 10.1 Å². The Morgan fingerprint density at radius 1 is 1.18 bits per heavy atom. The number of carboxylic acid groups (broad SMARTS) is 1. The number of anilines is 1. The number of hydrogen-bond donors (Lipinski definition) is 3. The molecule has 0 saturated heterocycles. The Kier molecular flexibility index (Phi) is 5.89. The molecule has 1 saturated carbocycles. The van der Waals surface area contributed by atoms with Crippen LogP contribution < -0.4 is 10.6 Å². The van der Waals surface area contributed by atoms with Crippen LogP contribution in [0.3, 0.4) is 0 Å². The number of halogens is 1. The Labute approximate surface area is 128 Å². The minimum Gasteiger partial charge on any atom is -0.480 e. The lowest BCUT2D eigenvalue weighted by Crippen LogP contribution is -2.45. The van der Waals surface area contributed by atoms with E-state index in [-0.39, 0.29) is 18.3 Å². The molecule has 1 amide bonds. The van der Waals surface area contributed by atoms with Crippen molar-refractivity contribution in [3.63, 3.8) is 0 Å². The highest BCUT2D eigenvalue weighted by Crippen LogP contribution is 2.18. The Bertz CT molecular complexity index is 513. The summed E-state index contributed by atoms with van der Waals surface area (Å²) in [7, 11) is 0. The van der Waals surface area contributed by atoms with Gasteiger partial charge in [0, 0.05) is 11.7 Å². The summed E-state index contributed by atoms with van der Waals surface area (Å²) in [5.74, 6) is -1.82. The third-order valence-electron chi connectivity index (χ3n) is 3.86. The van der Waals surface area contributed by atoms with Gasteiger partial charge in [-0.15, -0.1) is 0 Å². The standard InChI is InChI=1S/C16H21FN2O3/c17-11-6-8-13(9-7-11)19-15(20)10-14(16(21)22)18-12-4-2-1-3-5-12/h6-9,12,14,18H,1-5,10H2,(H,19,20)(H,21,22). The van der Waals surface area contributed by atoms with Gasteiger partial charge in [0.05, 0.1) is 6.42 Å². The molecule has 0 aromatic heterocycles. The van der Waals surface area contributed by atoms with Crippen LogP contribution in [0.15, 0.2) is 24.3 Å². The lowest BCUT2D eigenvalue weighted by molar-refractivity contribution is -0.141. The first-order valence-corrected chi connectivity index (χ1v) is 7.59. The van der Waals surface area contributed by atoms with Crippen molar-refractivity contribution in [1.82, 2.24) is 5.32 Å². The van der Waals surface area contributed by atoms with E-state index in [1.54, 1.807) is 0 Å². The highest BCUT2D eigenvalue weighted by atomic mass is 19.1. The van der Waals surface area contributed by atoms with Gasteiger partial charge in [-0.3, -0.25) is 9.59 Å². The number of nitrogens with one attached hydrogen (secondary N) is 2. The van der Waals surface area contributed by atoms with Crippen LogP contribution in [0.5, 0.6) is 0 Å². The molecule has 0 aliphatic heterocycles. The average Bonchev–Trinajstić information content (AvgIpc) is 2.50. The number of carboxylic acids is 1. The molecular weight excluding hydrogens is 287 g/mol. The average molecular weight is 308 g/mol. The summed E-state index contributed by atoms with van der Waals surface area (Å²) in [4.78, 5) is 23.3. The van der Waals surface area contributed by atoms with Crippen molar-refractivity contribution in [2.75, 3.05) is 5.32 Å². The predicted octanol–water partition coefficient (Wildman–Crippen LogP) is 2.53. The minimum absolute atomic E-state index is 0.150. The smallest absolute Gasteiger partial charge is 0.321 e. The highest BCUT2D eigenvalue weighted by Gasteiger charge is 2.25. The summed E-state index contributed by atoms with van der Waals surface area (Å²) in [6.45, 7) is 0. The van der Waals surface area contributed by atoms with E-state index in [0.717, 1.165) is 25.7 Å². The molecule has 1 aromatic rings. The van der Waals surface area contributed by atoms with Crippen LogP contribution in [-0.4, -0.2) is 29.1 Å². The summed E-state index contributed by atoms with van der Waals surface area (Å²) in [5.41, 5.74) is 0.452. The molecule has 1 unspecified atom stereocenters. The molecule has 1 aliphatic rings. The summed E-state index contributed by atoms with van der Waals surface area (Å²) in [6.07, 6.45) is 5.11. The van der Waals surface area contributed by atoms with Crippen molar-refractivity contribution < 1.29 is 19.1 Å². The summed E-state index contributed by atoms with van der Waals surface area (Å²) in [5, 5.41) is 14.9. The second-order valence-corrected chi connectivity index (χ2v) is 5.65. The lowest BCUT2D eigenvalue weighted by atomic mass is 9.94. The maximum atomic E-state index is 12.8.